The molecule has 2 heterocycles. The number of amides is 1. The molecule has 2 aromatic heterocycles. The third kappa shape index (κ3) is 2.55. The number of aryl methyl sites for hydroxylation is 1. The fourth-order valence-corrected chi connectivity index (χ4v) is 2.16. The maximum absolute atomic E-state index is 12.2. The maximum atomic E-state index is 12.2. The highest BCUT2D eigenvalue weighted by molar-refractivity contribution is 5.99. The number of carbonyl (C=O) groups is 1. The highest BCUT2D eigenvalue weighted by Crippen LogP contribution is 2.19. The Bertz CT molecular complexity index is 809. The van der Waals surface area contributed by atoms with E-state index >= 15 is 0 Å². The number of aromatic amines is 1. The molecule has 3 aromatic rings. The van der Waals surface area contributed by atoms with Crippen molar-refractivity contribution < 1.29 is 4.79 Å². The van der Waals surface area contributed by atoms with Crippen molar-refractivity contribution in [2.24, 2.45) is 0 Å². The number of fused-ring (bicyclic) bond motifs is 1. The molecule has 0 atom stereocenters. The molecule has 6 heteroatoms. The number of nitrogens with zero attached hydrogens (tertiary/aromatic N) is 2. The molecule has 0 saturated heterocycles. The zero-order valence-electron chi connectivity index (χ0n) is 11.6. The summed E-state index contributed by atoms with van der Waals surface area (Å²) < 4.78 is 0. The third-order valence-electron chi connectivity index (χ3n) is 3.38. The van der Waals surface area contributed by atoms with Gasteiger partial charge < -0.3 is 11.1 Å². The predicted molar refractivity (Wildman–Crippen MR) is 80.7 cm³/mol. The molecule has 4 N–H and O–H groups in total. The fraction of sp³-hybridized carbons (Fsp3) is 0.133. The molecule has 0 saturated carbocycles. The van der Waals surface area contributed by atoms with E-state index in [-0.39, 0.29) is 5.91 Å². The summed E-state index contributed by atoms with van der Waals surface area (Å²) in [7, 11) is 0. The van der Waals surface area contributed by atoms with Crippen molar-refractivity contribution in [3.63, 3.8) is 0 Å². The van der Waals surface area contributed by atoms with Crippen molar-refractivity contribution in [3.05, 3.63) is 53.5 Å². The van der Waals surface area contributed by atoms with Crippen molar-refractivity contribution >= 4 is 22.5 Å². The number of pyridine rings is 1. The molecule has 0 fully saturated rings. The molecule has 1 amide bonds. The summed E-state index contributed by atoms with van der Waals surface area (Å²) in [5.41, 5.74) is 8.09. The van der Waals surface area contributed by atoms with Crippen LogP contribution in [0.2, 0.25) is 0 Å². The molecule has 21 heavy (non-hydrogen) atoms. The largest absolute Gasteiger partial charge is 0.383 e. The van der Waals surface area contributed by atoms with Crippen molar-refractivity contribution in [2.75, 3.05) is 5.73 Å². The van der Waals surface area contributed by atoms with E-state index in [1.54, 1.807) is 12.3 Å². The number of benzene rings is 1. The number of nitrogen functional groups attached to an aromatic ring is 1. The van der Waals surface area contributed by atoms with Crippen LogP contribution in [0.4, 0.5) is 5.82 Å². The van der Waals surface area contributed by atoms with E-state index in [1.165, 1.54) is 0 Å². The molecule has 0 aliphatic rings. The van der Waals surface area contributed by atoms with Gasteiger partial charge in [-0.3, -0.25) is 9.89 Å². The Labute approximate surface area is 121 Å². The van der Waals surface area contributed by atoms with Crippen LogP contribution in [0.1, 0.15) is 21.7 Å². The van der Waals surface area contributed by atoms with E-state index < -0.39 is 0 Å². The zero-order valence-corrected chi connectivity index (χ0v) is 11.6. The lowest BCUT2D eigenvalue weighted by atomic mass is 10.1. The smallest absolute Gasteiger partial charge is 0.270 e. The number of H-pyrrole nitrogens is 1. The molecular formula is C15H15N5O. The van der Waals surface area contributed by atoms with Crippen molar-refractivity contribution in [1.82, 2.24) is 20.5 Å². The van der Waals surface area contributed by atoms with Crippen LogP contribution in [0.5, 0.6) is 0 Å². The number of rotatable bonds is 3. The number of anilines is 1. The number of nitrogens with two attached hydrogens (primary N) is 1. The summed E-state index contributed by atoms with van der Waals surface area (Å²) in [6.07, 6.45) is 1.69. The van der Waals surface area contributed by atoms with Crippen LogP contribution in [0, 0.1) is 6.92 Å². The van der Waals surface area contributed by atoms with E-state index in [9.17, 15) is 4.79 Å². The van der Waals surface area contributed by atoms with E-state index in [2.05, 4.69) is 20.5 Å². The molecule has 0 unspecified atom stereocenters. The fourth-order valence-electron chi connectivity index (χ4n) is 2.16. The first kappa shape index (κ1) is 13.1. The minimum absolute atomic E-state index is 0.256. The summed E-state index contributed by atoms with van der Waals surface area (Å²) in [5.74, 6) is 0.103. The van der Waals surface area contributed by atoms with Crippen LogP contribution in [0.15, 0.2) is 36.5 Å². The van der Waals surface area contributed by atoms with Gasteiger partial charge in [0, 0.05) is 23.2 Å². The number of nitrogens with one attached hydrogen (secondary N) is 2. The summed E-state index contributed by atoms with van der Waals surface area (Å²) in [6, 6.07) is 9.32. The van der Waals surface area contributed by atoms with Crippen molar-refractivity contribution in [3.8, 4) is 0 Å². The minimum Gasteiger partial charge on any atom is -0.383 e. The molecule has 0 aliphatic carbocycles. The minimum atomic E-state index is -0.256. The molecule has 106 valence electrons. The Kier molecular flexibility index (Phi) is 3.27. The van der Waals surface area contributed by atoms with Gasteiger partial charge in [-0.2, -0.15) is 5.10 Å². The first-order valence-electron chi connectivity index (χ1n) is 6.57. The Morgan fingerprint density at radius 1 is 1.38 bits per heavy atom. The second-order valence-corrected chi connectivity index (χ2v) is 4.82. The standard InChI is InChI=1S/C15H15N5O/c1-9-11(8-18-20-9)7-17-15(21)13-6-10-4-2-3-5-12(10)14(16)19-13/h2-6,8H,7H2,1H3,(H2,16,19)(H,17,21)(H,18,20). The Morgan fingerprint density at radius 3 is 2.95 bits per heavy atom. The van der Waals surface area contributed by atoms with Crippen LogP contribution in [0.25, 0.3) is 10.8 Å². The second kappa shape index (κ2) is 5.24. The molecule has 0 spiro atoms. The second-order valence-electron chi connectivity index (χ2n) is 4.82. The maximum Gasteiger partial charge on any atom is 0.270 e. The summed E-state index contributed by atoms with van der Waals surface area (Å²) >= 11 is 0. The van der Waals surface area contributed by atoms with Gasteiger partial charge in [-0.15, -0.1) is 0 Å². The van der Waals surface area contributed by atoms with Crippen molar-refractivity contribution in [1.29, 1.82) is 0 Å². The normalized spacial score (nSPS) is 10.7. The zero-order chi connectivity index (χ0) is 14.8. The van der Waals surface area contributed by atoms with Crippen LogP contribution in [-0.2, 0) is 6.54 Å². The van der Waals surface area contributed by atoms with Gasteiger partial charge in [0.15, 0.2) is 0 Å². The Hall–Kier alpha value is -2.89. The Morgan fingerprint density at radius 2 is 2.19 bits per heavy atom. The average Bonchev–Trinajstić information content (AvgIpc) is 2.90. The molecule has 0 radical (unpaired) electrons. The number of hydrogen-bond acceptors (Lipinski definition) is 4. The molecule has 0 aliphatic heterocycles. The quantitative estimate of drug-likeness (QED) is 0.681. The summed E-state index contributed by atoms with van der Waals surface area (Å²) in [6.45, 7) is 2.30. The Balaban J connectivity index is 1.83. The van der Waals surface area contributed by atoms with Gasteiger partial charge in [0.05, 0.1) is 6.20 Å². The van der Waals surface area contributed by atoms with Crippen LogP contribution in [-0.4, -0.2) is 21.1 Å². The van der Waals surface area contributed by atoms with Gasteiger partial charge >= 0.3 is 0 Å². The topological polar surface area (TPSA) is 96.7 Å². The highest BCUT2D eigenvalue weighted by atomic mass is 16.1. The number of aromatic nitrogens is 3. The van der Waals surface area contributed by atoms with Crippen LogP contribution >= 0.6 is 0 Å². The van der Waals surface area contributed by atoms with Crippen LogP contribution < -0.4 is 11.1 Å². The van der Waals surface area contributed by atoms with Gasteiger partial charge in [-0.25, -0.2) is 4.98 Å². The molecular weight excluding hydrogens is 266 g/mol. The van der Waals surface area contributed by atoms with Gasteiger partial charge in [0.2, 0.25) is 0 Å². The predicted octanol–water partition coefficient (Wildman–Crippen LogP) is 1.78. The number of hydrogen-bond donors (Lipinski definition) is 3. The van der Waals surface area contributed by atoms with E-state index in [4.69, 9.17) is 5.73 Å². The lowest BCUT2D eigenvalue weighted by molar-refractivity contribution is 0.0946. The lowest BCUT2D eigenvalue weighted by Crippen LogP contribution is -2.24. The third-order valence-corrected chi connectivity index (χ3v) is 3.38. The van der Waals surface area contributed by atoms with Crippen LogP contribution in [0.3, 0.4) is 0 Å². The SMILES string of the molecule is Cc1[nH]ncc1CNC(=O)c1cc2ccccc2c(N)n1. The van der Waals surface area contributed by atoms with E-state index in [0.717, 1.165) is 22.0 Å². The van der Waals surface area contributed by atoms with Gasteiger partial charge in [0.1, 0.15) is 11.5 Å². The van der Waals surface area contributed by atoms with Gasteiger partial charge in [0.25, 0.3) is 5.91 Å². The summed E-state index contributed by atoms with van der Waals surface area (Å²) in [5, 5.41) is 11.3. The highest BCUT2D eigenvalue weighted by Gasteiger charge is 2.11. The average molecular weight is 281 g/mol. The van der Waals surface area contributed by atoms with Crippen molar-refractivity contribution in [2.45, 2.75) is 13.5 Å². The van der Waals surface area contributed by atoms with Gasteiger partial charge in [-0.05, 0) is 18.4 Å². The monoisotopic (exact) mass is 281 g/mol. The molecule has 1 aromatic carbocycles. The first-order valence-corrected chi connectivity index (χ1v) is 6.57. The van der Waals surface area contributed by atoms with Gasteiger partial charge in [-0.1, -0.05) is 24.3 Å². The molecule has 3 rings (SSSR count). The molecule has 6 nitrogen and oxygen atoms in total. The summed E-state index contributed by atoms with van der Waals surface area (Å²) in [4.78, 5) is 16.4. The van der Waals surface area contributed by atoms with E-state index in [0.29, 0.717) is 18.1 Å². The first-order chi connectivity index (χ1) is 10.1. The number of carbonyl (C=O) groups excluding carboxylic acids is 1. The molecule has 0 bridgehead atoms. The van der Waals surface area contributed by atoms with E-state index in [1.807, 2.05) is 31.2 Å². The lowest BCUT2D eigenvalue weighted by Gasteiger charge is -2.07.